The number of aromatic nitrogens is 4. The maximum Gasteiger partial charge on any atom is 0.0837 e. The number of aryl methyl sites for hydroxylation is 1. The lowest BCUT2D eigenvalue weighted by Gasteiger charge is -2.17. The number of nitrogens with one attached hydrogen (secondary N) is 1. The van der Waals surface area contributed by atoms with Crippen LogP contribution in [-0.4, -0.2) is 27.0 Å². The SMILES string of the molecule is CCn1ncc(Cl)c1C(NC)c1ccnnc1. The third-order valence-electron chi connectivity index (χ3n) is 2.64. The standard InChI is InChI=1S/C11H14ClN5/c1-3-17-11(9(12)7-16-17)10(13-2)8-4-5-14-15-6-8/h4-7,10,13H,3H2,1-2H3. The molecule has 1 N–H and O–H groups in total. The molecule has 0 saturated carbocycles. The van der Waals surface area contributed by atoms with Crippen molar-refractivity contribution in [2.75, 3.05) is 7.05 Å². The zero-order valence-electron chi connectivity index (χ0n) is 9.76. The van der Waals surface area contributed by atoms with Crippen molar-refractivity contribution in [3.63, 3.8) is 0 Å². The predicted octanol–water partition coefficient (Wildman–Crippen LogP) is 1.66. The van der Waals surface area contributed by atoms with Crippen LogP contribution in [0.15, 0.2) is 24.7 Å². The Labute approximate surface area is 105 Å². The summed E-state index contributed by atoms with van der Waals surface area (Å²) in [5.41, 5.74) is 1.96. The Balaban J connectivity index is 2.45. The van der Waals surface area contributed by atoms with Crippen molar-refractivity contribution < 1.29 is 0 Å². The van der Waals surface area contributed by atoms with E-state index in [0.29, 0.717) is 5.02 Å². The highest BCUT2D eigenvalue weighted by Gasteiger charge is 2.20. The first-order chi connectivity index (χ1) is 8.27. The Bertz CT molecular complexity index is 482. The van der Waals surface area contributed by atoms with Crippen LogP contribution in [0.25, 0.3) is 0 Å². The van der Waals surface area contributed by atoms with Gasteiger partial charge in [0.05, 0.1) is 29.2 Å². The van der Waals surface area contributed by atoms with E-state index in [9.17, 15) is 0 Å². The molecule has 6 heteroatoms. The lowest BCUT2D eigenvalue weighted by molar-refractivity contribution is 0.561. The summed E-state index contributed by atoms with van der Waals surface area (Å²) >= 11 is 6.19. The lowest BCUT2D eigenvalue weighted by Crippen LogP contribution is -2.22. The molecule has 0 aliphatic rings. The van der Waals surface area contributed by atoms with Crippen molar-refractivity contribution in [1.29, 1.82) is 0 Å². The minimum absolute atomic E-state index is 0.0274. The molecular weight excluding hydrogens is 238 g/mol. The molecule has 0 aliphatic heterocycles. The van der Waals surface area contributed by atoms with Gasteiger partial charge in [-0.2, -0.15) is 15.3 Å². The highest BCUT2D eigenvalue weighted by atomic mass is 35.5. The maximum atomic E-state index is 6.19. The van der Waals surface area contributed by atoms with Crippen molar-refractivity contribution in [3.8, 4) is 0 Å². The monoisotopic (exact) mass is 251 g/mol. The zero-order valence-corrected chi connectivity index (χ0v) is 10.5. The molecule has 0 spiro atoms. The van der Waals surface area contributed by atoms with Gasteiger partial charge in [0.25, 0.3) is 0 Å². The van der Waals surface area contributed by atoms with E-state index < -0.39 is 0 Å². The van der Waals surface area contributed by atoms with Gasteiger partial charge in [-0.05, 0) is 25.6 Å². The van der Waals surface area contributed by atoms with Gasteiger partial charge in [0.15, 0.2) is 0 Å². The normalized spacial score (nSPS) is 12.6. The fourth-order valence-electron chi connectivity index (χ4n) is 1.84. The molecule has 0 aliphatic carbocycles. The third-order valence-corrected chi connectivity index (χ3v) is 2.93. The van der Waals surface area contributed by atoms with E-state index in [-0.39, 0.29) is 6.04 Å². The minimum atomic E-state index is -0.0274. The molecule has 2 heterocycles. The van der Waals surface area contributed by atoms with Gasteiger partial charge in [-0.25, -0.2) is 0 Å². The summed E-state index contributed by atoms with van der Waals surface area (Å²) in [6.07, 6.45) is 5.06. The first-order valence-corrected chi connectivity index (χ1v) is 5.80. The number of halogens is 1. The van der Waals surface area contributed by atoms with Gasteiger partial charge in [-0.3, -0.25) is 4.68 Å². The average molecular weight is 252 g/mol. The first kappa shape index (κ1) is 12.0. The highest BCUT2D eigenvalue weighted by molar-refractivity contribution is 6.31. The van der Waals surface area contributed by atoms with Crippen LogP contribution in [0, 0.1) is 0 Å². The zero-order chi connectivity index (χ0) is 12.3. The van der Waals surface area contributed by atoms with E-state index in [0.717, 1.165) is 17.8 Å². The van der Waals surface area contributed by atoms with E-state index >= 15 is 0 Å². The molecule has 0 bridgehead atoms. The summed E-state index contributed by atoms with van der Waals surface area (Å²) in [5.74, 6) is 0. The van der Waals surface area contributed by atoms with Crippen molar-refractivity contribution in [2.24, 2.45) is 0 Å². The summed E-state index contributed by atoms with van der Waals surface area (Å²) < 4.78 is 1.88. The van der Waals surface area contributed by atoms with E-state index in [1.807, 2.05) is 24.7 Å². The smallest absolute Gasteiger partial charge is 0.0837 e. The molecule has 5 nitrogen and oxygen atoms in total. The third kappa shape index (κ3) is 2.30. The van der Waals surface area contributed by atoms with Crippen molar-refractivity contribution >= 4 is 11.6 Å². The summed E-state index contributed by atoms with van der Waals surface area (Å²) in [7, 11) is 1.88. The van der Waals surface area contributed by atoms with Crippen LogP contribution in [0.2, 0.25) is 5.02 Å². The first-order valence-electron chi connectivity index (χ1n) is 5.43. The van der Waals surface area contributed by atoms with Gasteiger partial charge in [-0.1, -0.05) is 11.6 Å². The van der Waals surface area contributed by atoms with Crippen LogP contribution in [0.4, 0.5) is 0 Å². The molecule has 0 radical (unpaired) electrons. The molecule has 90 valence electrons. The summed E-state index contributed by atoms with van der Waals surface area (Å²) in [6, 6.07) is 1.89. The number of nitrogens with zero attached hydrogens (tertiary/aromatic N) is 4. The van der Waals surface area contributed by atoms with E-state index in [1.54, 1.807) is 18.6 Å². The summed E-state index contributed by atoms with van der Waals surface area (Å²) in [6.45, 7) is 2.81. The fraction of sp³-hybridized carbons (Fsp3) is 0.364. The molecule has 0 amide bonds. The Morgan fingerprint density at radius 1 is 1.41 bits per heavy atom. The largest absolute Gasteiger partial charge is 0.308 e. The van der Waals surface area contributed by atoms with E-state index in [4.69, 9.17) is 11.6 Å². The van der Waals surface area contributed by atoms with Gasteiger partial charge in [0.2, 0.25) is 0 Å². The molecular formula is C11H14ClN5. The molecule has 1 atom stereocenters. The topological polar surface area (TPSA) is 55.6 Å². The quantitative estimate of drug-likeness (QED) is 0.898. The summed E-state index contributed by atoms with van der Waals surface area (Å²) in [5, 5.41) is 15.8. The molecule has 2 rings (SSSR count). The van der Waals surface area contributed by atoms with Crippen LogP contribution in [0.5, 0.6) is 0 Å². The molecule has 17 heavy (non-hydrogen) atoms. The minimum Gasteiger partial charge on any atom is -0.308 e. The van der Waals surface area contributed by atoms with Gasteiger partial charge in [0.1, 0.15) is 0 Å². The van der Waals surface area contributed by atoms with Crippen molar-refractivity contribution in [1.82, 2.24) is 25.3 Å². The average Bonchev–Trinajstić information content (AvgIpc) is 2.74. The molecule has 0 fully saturated rings. The van der Waals surface area contributed by atoms with Crippen LogP contribution in [0.1, 0.15) is 24.2 Å². The molecule has 2 aromatic heterocycles. The second kappa shape index (κ2) is 5.25. The van der Waals surface area contributed by atoms with Crippen LogP contribution in [-0.2, 0) is 6.54 Å². The number of rotatable bonds is 4. The number of hydrogen-bond donors (Lipinski definition) is 1. The van der Waals surface area contributed by atoms with Crippen LogP contribution >= 0.6 is 11.6 Å². The maximum absolute atomic E-state index is 6.19. The van der Waals surface area contributed by atoms with Gasteiger partial charge >= 0.3 is 0 Å². The van der Waals surface area contributed by atoms with Crippen LogP contribution < -0.4 is 5.32 Å². The van der Waals surface area contributed by atoms with Crippen LogP contribution in [0.3, 0.4) is 0 Å². The van der Waals surface area contributed by atoms with Crippen molar-refractivity contribution in [3.05, 3.63) is 40.9 Å². The van der Waals surface area contributed by atoms with Gasteiger partial charge in [0, 0.05) is 12.7 Å². The molecule has 0 saturated heterocycles. The molecule has 2 aromatic rings. The Morgan fingerprint density at radius 2 is 2.24 bits per heavy atom. The van der Waals surface area contributed by atoms with E-state index in [2.05, 4.69) is 20.6 Å². The second-order valence-electron chi connectivity index (χ2n) is 3.59. The fourth-order valence-corrected chi connectivity index (χ4v) is 2.09. The van der Waals surface area contributed by atoms with Gasteiger partial charge < -0.3 is 5.32 Å². The highest BCUT2D eigenvalue weighted by Crippen LogP contribution is 2.27. The number of hydrogen-bond acceptors (Lipinski definition) is 4. The van der Waals surface area contributed by atoms with Gasteiger partial charge in [-0.15, -0.1) is 0 Å². The predicted molar refractivity (Wildman–Crippen MR) is 65.8 cm³/mol. The summed E-state index contributed by atoms with van der Waals surface area (Å²) in [4.78, 5) is 0. The Kier molecular flexibility index (Phi) is 3.71. The molecule has 1 unspecified atom stereocenters. The second-order valence-corrected chi connectivity index (χ2v) is 4.00. The van der Waals surface area contributed by atoms with E-state index in [1.165, 1.54) is 0 Å². The Hall–Kier alpha value is -1.46. The molecule has 0 aromatic carbocycles. The Morgan fingerprint density at radius 3 is 2.82 bits per heavy atom. The van der Waals surface area contributed by atoms with Crippen molar-refractivity contribution in [2.45, 2.75) is 19.5 Å². The lowest BCUT2D eigenvalue weighted by atomic mass is 10.1.